The van der Waals surface area contributed by atoms with Crippen molar-refractivity contribution in [1.29, 1.82) is 0 Å². The van der Waals surface area contributed by atoms with Crippen molar-refractivity contribution >= 4 is 35.2 Å². The highest BCUT2D eigenvalue weighted by molar-refractivity contribution is 6.39. The second-order valence-electron chi connectivity index (χ2n) is 10.2. The molecule has 200 valence electrons. The van der Waals surface area contributed by atoms with E-state index in [1.54, 1.807) is 32.7 Å². The molecule has 2 unspecified atom stereocenters. The lowest BCUT2D eigenvalue weighted by Gasteiger charge is -2.15. The number of nitrogens with zero attached hydrogens (tertiary/aromatic N) is 5. The fourth-order valence-electron chi connectivity index (χ4n) is 5.55. The lowest BCUT2D eigenvalue weighted by molar-refractivity contribution is 0.386. The van der Waals surface area contributed by atoms with E-state index >= 15 is 0 Å². The zero-order valence-electron chi connectivity index (χ0n) is 21.3. The van der Waals surface area contributed by atoms with Crippen molar-refractivity contribution in [3.8, 4) is 34.2 Å². The molecule has 39 heavy (non-hydrogen) atoms. The Morgan fingerprint density at radius 3 is 2.28 bits per heavy atom. The minimum absolute atomic E-state index is 0.400. The van der Waals surface area contributed by atoms with Gasteiger partial charge in [0, 0.05) is 54.2 Å². The number of pyridine rings is 1. The Kier molecular flexibility index (Phi) is 6.01. The average Bonchev–Trinajstić information content (AvgIpc) is 3.68. The minimum atomic E-state index is 0.400. The van der Waals surface area contributed by atoms with Gasteiger partial charge in [-0.25, -0.2) is 0 Å². The predicted octanol–water partition coefficient (Wildman–Crippen LogP) is 6.38. The maximum Gasteiger partial charge on any atom is 0.266 e. The van der Waals surface area contributed by atoms with Crippen LogP contribution in [0.2, 0.25) is 10.0 Å². The fraction of sp³-hybridized carbons (Fsp3) is 0.357. The summed E-state index contributed by atoms with van der Waals surface area (Å²) in [6.45, 7) is 1.74. The van der Waals surface area contributed by atoms with Crippen LogP contribution in [0.1, 0.15) is 30.1 Å². The molecule has 1 aromatic carbocycles. The van der Waals surface area contributed by atoms with Crippen LogP contribution >= 0.6 is 23.2 Å². The maximum atomic E-state index is 6.45. The van der Waals surface area contributed by atoms with Crippen LogP contribution in [0.15, 0.2) is 45.7 Å². The second kappa shape index (κ2) is 9.57. The van der Waals surface area contributed by atoms with E-state index in [0.29, 0.717) is 68.3 Å². The van der Waals surface area contributed by atoms with Crippen LogP contribution in [-0.2, 0) is 0 Å². The number of fused-ring (bicyclic) bond motifs is 1. The van der Waals surface area contributed by atoms with Gasteiger partial charge < -0.3 is 23.4 Å². The van der Waals surface area contributed by atoms with Crippen LogP contribution < -0.4 is 14.4 Å². The van der Waals surface area contributed by atoms with Gasteiger partial charge in [0.1, 0.15) is 23.0 Å². The first-order valence-electron chi connectivity index (χ1n) is 12.8. The number of benzene rings is 1. The van der Waals surface area contributed by atoms with Gasteiger partial charge in [0.2, 0.25) is 0 Å². The van der Waals surface area contributed by atoms with Crippen LogP contribution in [0, 0.1) is 17.8 Å². The Bertz CT molecular complexity index is 1530. The van der Waals surface area contributed by atoms with E-state index < -0.39 is 0 Å². The molecule has 2 saturated carbocycles. The number of halogens is 2. The van der Waals surface area contributed by atoms with Crippen LogP contribution in [0.4, 0.5) is 5.95 Å². The average molecular weight is 566 g/mol. The number of rotatable bonds is 8. The molecule has 3 aliphatic rings. The standard InChI is InChI=1S/C28H25Cl2N5O4/c1-36-16-7-15(8-17(9-16)37-2)27-32-28(34-39-27)35-12-20-18(21(20)13-35)5-6-19-25(33-38-26(19)14-3-4-14)24-22(29)10-31-11-23(24)30/h5-11,14,18,20-21H,3-4,12-13H2,1-2H3/b6-5+. The van der Waals surface area contributed by atoms with Crippen molar-refractivity contribution in [2.24, 2.45) is 17.8 Å². The highest BCUT2D eigenvalue weighted by Gasteiger charge is 2.55. The molecule has 1 saturated heterocycles. The third kappa shape index (κ3) is 4.43. The molecular formula is C28H25Cl2N5O4. The van der Waals surface area contributed by atoms with Gasteiger partial charge >= 0.3 is 0 Å². The molecule has 2 aliphatic carbocycles. The molecule has 4 heterocycles. The van der Waals surface area contributed by atoms with E-state index in [4.69, 9.17) is 41.7 Å². The van der Waals surface area contributed by atoms with E-state index in [1.165, 1.54) is 0 Å². The summed E-state index contributed by atoms with van der Waals surface area (Å²) in [5.41, 5.74) is 3.05. The molecule has 0 radical (unpaired) electrons. The van der Waals surface area contributed by atoms with Crippen molar-refractivity contribution in [2.75, 3.05) is 32.2 Å². The monoisotopic (exact) mass is 565 g/mol. The number of piperidine rings is 1. The zero-order valence-corrected chi connectivity index (χ0v) is 22.8. The van der Waals surface area contributed by atoms with Gasteiger partial charge in [-0.1, -0.05) is 40.5 Å². The zero-order chi connectivity index (χ0) is 26.7. The van der Waals surface area contributed by atoms with Crippen LogP contribution in [0.3, 0.4) is 0 Å². The van der Waals surface area contributed by atoms with E-state index in [0.717, 1.165) is 42.8 Å². The first kappa shape index (κ1) is 24.5. The number of allylic oxidation sites excluding steroid dienone is 1. The largest absolute Gasteiger partial charge is 0.497 e. The summed E-state index contributed by atoms with van der Waals surface area (Å²) >= 11 is 12.9. The van der Waals surface area contributed by atoms with Crippen molar-refractivity contribution < 1.29 is 18.5 Å². The Hall–Kier alpha value is -3.56. The maximum absolute atomic E-state index is 6.45. The van der Waals surface area contributed by atoms with Gasteiger partial charge in [-0.05, 0) is 47.9 Å². The fourth-order valence-corrected chi connectivity index (χ4v) is 6.09. The number of aromatic nitrogens is 4. The van der Waals surface area contributed by atoms with E-state index in [9.17, 15) is 0 Å². The first-order valence-corrected chi connectivity index (χ1v) is 13.6. The molecule has 7 rings (SSSR count). The van der Waals surface area contributed by atoms with Crippen molar-refractivity contribution in [3.63, 3.8) is 0 Å². The molecule has 0 bridgehead atoms. The third-order valence-electron chi connectivity index (χ3n) is 7.84. The molecule has 3 fully saturated rings. The summed E-state index contributed by atoms with van der Waals surface area (Å²) in [4.78, 5) is 10.9. The Balaban J connectivity index is 1.07. The van der Waals surface area contributed by atoms with Gasteiger partial charge in [-0.2, -0.15) is 4.98 Å². The highest BCUT2D eigenvalue weighted by Crippen LogP contribution is 2.54. The van der Waals surface area contributed by atoms with E-state index in [2.05, 4.69) is 37.3 Å². The number of hydrogen-bond donors (Lipinski definition) is 0. The van der Waals surface area contributed by atoms with Crippen LogP contribution in [0.25, 0.3) is 28.8 Å². The van der Waals surface area contributed by atoms with Crippen LogP contribution in [0.5, 0.6) is 11.5 Å². The van der Waals surface area contributed by atoms with Crippen LogP contribution in [-0.4, -0.2) is 47.6 Å². The summed E-state index contributed by atoms with van der Waals surface area (Å²) in [6, 6.07) is 5.51. The number of hydrogen-bond acceptors (Lipinski definition) is 9. The Morgan fingerprint density at radius 1 is 0.949 bits per heavy atom. The van der Waals surface area contributed by atoms with Gasteiger partial charge in [-0.15, -0.1) is 0 Å². The SMILES string of the molecule is COc1cc(OC)cc(-c2nc(N3CC4C(/C=C/c5c(-c6c(Cl)cncc6Cl)noc5C5CC5)C4C3)no2)c1. The minimum Gasteiger partial charge on any atom is -0.497 e. The molecule has 0 spiro atoms. The lowest BCUT2D eigenvalue weighted by atomic mass is 10.0. The molecule has 0 amide bonds. The number of ether oxygens (including phenoxy) is 2. The summed E-state index contributed by atoms with van der Waals surface area (Å²) in [6.07, 6.45) is 9.79. The van der Waals surface area contributed by atoms with Gasteiger partial charge in [0.25, 0.3) is 11.8 Å². The molecule has 2 atom stereocenters. The molecule has 9 nitrogen and oxygen atoms in total. The van der Waals surface area contributed by atoms with Gasteiger partial charge in [-0.3, -0.25) is 4.98 Å². The molecular weight excluding hydrogens is 541 g/mol. The van der Waals surface area contributed by atoms with Crippen molar-refractivity contribution in [3.05, 3.63) is 58.0 Å². The summed E-state index contributed by atoms with van der Waals surface area (Å²) in [5, 5.41) is 9.52. The Morgan fingerprint density at radius 2 is 1.64 bits per heavy atom. The smallest absolute Gasteiger partial charge is 0.266 e. The molecule has 0 N–H and O–H groups in total. The second-order valence-corrected chi connectivity index (χ2v) is 11.0. The molecule has 4 aromatic rings. The highest BCUT2D eigenvalue weighted by atomic mass is 35.5. The lowest BCUT2D eigenvalue weighted by Crippen LogP contribution is -2.24. The Labute approximate surface area is 234 Å². The summed E-state index contributed by atoms with van der Waals surface area (Å²) < 4.78 is 22.1. The topological polar surface area (TPSA) is 99.5 Å². The van der Waals surface area contributed by atoms with E-state index in [-0.39, 0.29) is 0 Å². The van der Waals surface area contributed by atoms with Gasteiger partial charge in [0.05, 0.1) is 24.3 Å². The number of anilines is 1. The first-order chi connectivity index (χ1) is 19.0. The molecule has 11 heteroatoms. The molecule has 3 aromatic heterocycles. The predicted molar refractivity (Wildman–Crippen MR) is 146 cm³/mol. The summed E-state index contributed by atoms with van der Waals surface area (Å²) in [5.74, 6) is 5.19. The van der Waals surface area contributed by atoms with Gasteiger partial charge in [0.15, 0.2) is 0 Å². The van der Waals surface area contributed by atoms with E-state index in [1.807, 2.05) is 12.1 Å². The normalized spacial score (nSPS) is 21.9. The van der Waals surface area contributed by atoms with Crippen molar-refractivity contribution in [1.82, 2.24) is 20.3 Å². The molecule has 1 aliphatic heterocycles. The third-order valence-corrected chi connectivity index (χ3v) is 8.41. The number of methoxy groups -OCH3 is 2. The van der Waals surface area contributed by atoms with Crippen molar-refractivity contribution in [2.45, 2.75) is 18.8 Å². The summed E-state index contributed by atoms with van der Waals surface area (Å²) in [7, 11) is 3.22. The quantitative estimate of drug-likeness (QED) is 0.240.